The predicted molar refractivity (Wildman–Crippen MR) is 94.7 cm³/mol. The summed E-state index contributed by atoms with van der Waals surface area (Å²) in [7, 11) is 1.15. The summed E-state index contributed by atoms with van der Waals surface area (Å²) in [6, 6.07) is 7.97. The van der Waals surface area contributed by atoms with Crippen LogP contribution in [0.5, 0.6) is 0 Å². The average molecular weight is 374 g/mol. The van der Waals surface area contributed by atoms with Crippen molar-refractivity contribution < 1.29 is 33.8 Å². The van der Waals surface area contributed by atoms with Gasteiger partial charge in [0.2, 0.25) is 0 Å². The molecule has 4 atom stereocenters. The molecular weight excluding hydrogens is 352 g/mol. The molecule has 0 saturated heterocycles. The maximum Gasteiger partial charge on any atom is 0.338 e. The molecule has 0 radical (unpaired) electrons. The van der Waals surface area contributed by atoms with E-state index in [0.29, 0.717) is 0 Å². The molecule has 7 nitrogen and oxygen atoms in total. The molecule has 0 aromatic heterocycles. The standard InChI is InChI=1S/C20H22O7/c1-5-13(19(24)26-4)14-15(11(2)21)20(3,25)17(16(14)22)27-18(23)12-9-7-6-8-10-12/h5-10,14-15,17,25H,1-4H3/b13-5+/t14-,15+,17+,20-/m1/s1. The number of esters is 2. The van der Waals surface area contributed by atoms with Crippen LogP contribution in [-0.4, -0.2) is 47.4 Å². The number of ketones is 2. The smallest absolute Gasteiger partial charge is 0.338 e. The highest BCUT2D eigenvalue weighted by Crippen LogP contribution is 2.44. The normalized spacial score (nSPS) is 28.0. The summed E-state index contributed by atoms with van der Waals surface area (Å²) >= 11 is 0. The summed E-state index contributed by atoms with van der Waals surface area (Å²) in [5.41, 5.74) is -1.83. The van der Waals surface area contributed by atoms with Gasteiger partial charge in [-0.2, -0.15) is 0 Å². The Morgan fingerprint density at radius 1 is 1.19 bits per heavy atom. The Hall–Kier alpha value is -2.80. The number of ether oxygens (including phenoxy) is 2. The third kappa shape index (κ3) is 3.68. The second-order valence-electron chi connectivity index (χ2n) is 6.58. The van der Waals surface area contributed by atoms with Crippen molar-refractivity contribution in [3.63, 3.8) is 0 Å². The molecule has 1 N–H and O–H groups in total. The highest BCUT2D eigenvalue weighted by atomic mass is 16.6. The van der Waals surface area contributed by atoms with Crippen LogP contribution in [0, 0.1) is 11.8 Å². The Bertz CT molecular complexity index is 792. The fourth-order valence-corrected chi connectivity index (χ4v) is 3.56. The lowest BCUT2D eigenvalue weighted by Crippen LogP contribution is -2.46. The summed E-state index contributed by atoms with van der Waals surface area (Å²) in [6.45, 7) is 3.99. The summed E-state index contributed by atoms with van der Waals surface area (Å²) in [4.78, 5) is 49.6. The van der Waals surface area contributed by atoms with E-state index in [1.54, 1.807) is 18.2 Å². The van der Waals surface area contributed by atoms with Crippen LogP contribution in [0.15, 0.2) is 42.0 Å². The van der Waals surface area contributed by atoms with Gasteiger partial charge in [0.05, 0.1) is 24.5 Å². The van der Waals surface area contributed by atoms with Gasteiger partial charge >= 0.3 is 11.9 Å². The Kier molecular flexibility index (Phi) is 5.95. The monoisotopic (exact) mass is 374 g/mol. The van der Waals surface area contributed by atoms with Gasteiger partial charge in [0, 0.05) is 5.57 Å². The summed E-state index contributed by atoms with van der Waals surface area (Å²) < 4.78 is 9.96. The maximum atomic E-state index is 13.0. The van der Waals surface area contributed by atoms with Crippen LogP contribution in [0.25, 0.3) is 0 Å². The van der Waals surface area contributed by atoms with Gasteiger partial charge in [-0.15, -0.1) is 0 Å². The molecule has 1 fully saturated rings. The number of carbonyl (C=O) groups is 4. The van der Waals surface area contributed by atoms with Crippen molar-refractivity contribution in [2.45, 2.75) is 32.5 Å². The molecule has 1 saturated carbocycles. The number of hydrogen-bond acceptors (Lipinski definition) is 7. The number of hydrogen-bond donors (Lipinski definition) is 1. The van der Waals surface area contributed by atoms with Crippen LogP contribution in [-0.2, 0) is 23.9 Å². The molecule has 144 valence electrons. The molecule has 27 heavy (non-hydrogen) atoms. The minimum atomic E-state index is -1.97. The van der Waals surface area contributed by atoms with Crippen LogP contribution in [0.1, 0.15) is 31.1 Å². The molecule has 1 aliphatic rings. The SMILES string of the molecule is C/C=C(/C(=O)OC)[C@H]1C(=O)[C@H](OC(=O)c2ccccc2)[C@](C)(O)[C@H]1C(C)=O. The molecule has 0 heterocycles. The van der Waals surface area contributed by atoms with E-state index in [9.17, 15) is 24.3 Å². The Labute approximate surface area is 157 Å². The second-order valence-corrected chi connectivity index (χ2v) is 6.58. The van der Waals surface area contributed by atoms with E-state index >= 15 is 0 Å². The minimum absolute atomic E-state index is 0.0544. The molecule has 0 bridgehead atoms. The highest BCUT2D eigenvalue weighted by molar-refractivity contribution is 6.06. The molecule has 1 aromatic rings. The number of aliphatic hydroxyl groups is 1. The van der Waals surface area contributed by atoms with Crippen LogP contribution in [0.3, 0.4) is 0 Å². The van der Waals surface area contributed by atoms with Crippen molar-refractivity contribution in [2.24, 2.45) is 11.8 Å². The van der Waals surface area contributed by atoms with Crippen molar-refractivity contribution in [1.82, 2.24) is 0 Å². The zero-order valence-corrected chi connectivity index (χ0v) is 15.6. The van der Waals surface area contributed by atoms with Gasteiger partial charge in [-0.1, -0.05) is 24.3 Å². The van der Waals surface area contributed by atoms with Crippen molar-refractivity contribution >= 4 is 23.5 Å². The van der Waals surface area contributed by atoms with Crippen LogP contribution in [0.2, 0.25) is 0 Å². The molecule has 0 amide bonds. The van der Waals surface area contributed by atoms with Gasteiger partial charge in [0.25, 0.3) is 0 Å². The lowest BCUT2D eigenvalue weighted by molar-refractivity contribution is -0.139. The quantitative estimate of drug-likeness (QED) is 0.614. The first-order valence-corrected chi connectivity index (χ1v) is 8.43. The Balaban J connectivity index is 2.44. The van der Waals surface area contributed by atoms with Crippen LogP contribution in [0.4, 0.5) is 0 Å². The van der Waals surface area contributed by atoms with Crippen molar-refractivity contribution in [1.29, 1.82) is 0 Å². The molecule has 0 unspecified atom stereocenters. The number of methoxy groups -OCH3 is 1. The lowest BCUT2D eigenvalue weighted by atomic mass is 9.80. The first kappa shape index (κ1) is 20.5. The van der Waals surface area contributed by atoms with Gasteiger partial charge in [0.15, 0.2) is 11.9 Å². The molecule has 2 rings (SSSR count). The second kappa shape index (κ2) is 7.84. The predicted octanol–water partition coefficient (Wildman–Crippen LogP) is 1.49. The third-order valence-electron chi connectivity index (χ3n) is 4.80. The van der Waals surface area contributed by atoms with Crippen molar-refractivity contribution in [3.05, 3.63) is 47.5 Å². The number of benzene rings is 1. The van der Waals surface area contributed by atoms with Crippen LogP contribution >= 0.6 is 0 Å². The summed E-state index contributed by atoms with van der Waals surface area (Å²) in [5.74, 6) is -5.32. The van der Waals surface area contributed by atoms with Gasteiger partial charge < -0.3 is 14.6 Å². The third-order valence-corrected chi connectivity index (χ3v) is 4.80. The van der Waals surface area contributed by atoms with Gasteiger partial charge in [-0.25, -0.2) is 9.59 Å². The molecule has 0 spiro atoms. The van der Waals surface area contributed by atoms with Gasteiger partial charge in [-0.3, -0.25) is 9.59 Å². The van der Waals surface area contributed by atoms with E-state index in [1.807, 2.05) is 0 Å². The molecular formula is C20H22O7. The van der Waals surface area contributed by atoms with E-state index in [2.05, 4.69) is 4.74 Å². The number of Topliss-reactive ketones (excluding diaryl/α,β-unsaturated/α-hetero) is 2. The van der Waals surface area contributed by atoms with E-state index in [1.165, 1.54) is 39.0 Å². The van der Waals surface area contributed by atoms with E-state index in [4.69, 9.17) is 4.74 Å². The lowest BCUT2D eigenvalue weighted by Gasteiger charge is -2.29. The maximum absolute atomic E-state index is 13.0. The fraction of sp³-hybridized carbons (Fsp3) is 0.400. The first-order chi connectivity index (χ1) is 12.7. The van der Waals surface area contributed by atoms with Gasteiger partial charge in [0.1, 0.15) is 11.4 Å². The molecule has 7 heteroatoms. The van der Waals surface area contributed by atoms with E-state index in [-0.39, 0.29) is 11.1 Å². The minimum Gasteiger partial charge on any atom is -0.466 e. The number of rotatable bonds is 5. The Morgan fingerprint density at radius 3 is 2.26 bits per heavy atom. The molecule has 1 aliphatic carbocycles. The van der Waals surface area contributed by atoms with Crippen LogP contribution < -0.4 is 0 Å². The van der Waals surface area contributed by atoms with E-state index < -0.39 is 47.0 Å². The highest BCUT2D eigenvalue weighted by Gasteiger charge is 2.62. The van der Waals surface area contributed by atoms with Crippen molar-refractivity contribution in [2.75, 3.05) is 7.11 Å². The Morgan fingerprint density at radius 2 is 1.78 bits per heavy atom. The zero-order valence-electron chi connectivity index (χ0n) is 15.6. The van der Waals surface area contributed by atoms with E-state index in [0.717, 1.165) is 7.11 Å². The molecule has 0 aliphatic heterocycles. The summed E-state index contributed by atoms with van der Waals surface area (Å²) in [5, 5.41) is 10.9. The number of carbonyl (C=O) groups excluding carboxylic acids is 4. The van der Waals surface area contributed by atoms with Crippen molar-refractivity contribution in [3.8, 4) is 0 Å². The topological polar surface area (TPSA) is 107 Å². The first-order valence-electron chi connectivity index (χ1n) is 8.43. The number of allylic oxidation sites excluding steroid dienone is 1. The average Bonchev–Trinajstić information content (AvgIpc) is 2.83. The largest absolute Gasteiger partial charge is 0.466 e. The van der Waals surface area contributed by atoms with Gasteiger partial charge in [-0.05, 0) is 32.9 Å². The zero-order chi connectivity index (χ0) is 20.4. The molecule has 1 aromatic carbocycles. The summed E-state index contributed by atoms with van der Waals surface area (Å²) in [6.07, 6.45) is -0.231. The fourth-order valence-electron chi connectivity index (χ4n) is 3.56.